The van der Waals surface area contributed by atoms with E-state index in [2.05, 4.69) is 17.1 Å². The third-order valence-electron chi connectivity index (χ3n) is 6.89. The third-order valence-corrected chi connectivity index (χ3v) is 6.89. The first-order valence-corrected chi connectivity index (χ1v) is 11.7. The van der Waals surface area contributed by atoms with E-state index in [-0.39, 0.29) is 24.0 Å². The van der Waals surface area contributed by atoms with Gasteiger partial charge in [0, 0.05) is 37.8 Å². The minimum Gasteiger partial charge on any atom is -0.363 e. The average molecular weight is 444 g/mol. The summed E-state index contributed by atoms with van der Waals surface area (Å²) in [7, 11) is 0. The SMILES string of the molecule is O=C1CO[C@]2(CCCN(C(=O)c3cccc4cccnc34)CC2)CN1CCc1ccccc1. The van der Waals surface area contributed by atoms with Crippen molar-refractivity contribution in [1.82, 2.24) is 14.8 Å². The van der Waals surface area contributed by atoms with E-state index in [4.69, 9.17) is 4.74 Å². The Morgan fingerprint density at radius 3 is 2.73 bits per heavy atom. The zero-order chi connectivity index (χ0) is 22.7. The van der Waals surface area contributed by atoms with Gasteiger partial charge in [0.1, 0.15) is 6.61 Å². The first-order valence-electron chi connectivity index (χ1n) is 11.7. The molecule has 6 nitrogen and oxygen atoms in total. The average Bonchev–Trinajstić information content (AvgIpc) is 3.07. The molecular weight excluding hydrogens is 414 g/mol. The number of ether oxygens (including phenoxy) is 1. The van der Waals surface area contributed by atoms with Crippen molar-refractivity contribution in [2.24, 2.45) is 0 Å². The molecular formula is C27H29N3O3. The second-order valence-electron chi connectivity index (χ2n) is 9.05. The second-order valence-corrected chi connectivity index (χ2v) is 9.05. The van der Waals surface area contributed by atoms with Crippen LogP contribution in [0.25, 0.3) is 10.9 Å². The number of morpholine rings is 1. The molecule has 1 aromatic heterocycles. The van der Waals surface area contributed by atoms with Gasteiger partial charge in [-0.2, -0.15) is 0 Å². The lowest BCUT2D eigenvalue weighted by molar-refractivity contribution is -0.165. The van der Waals surface area contributed by atoms with Gasteiger partial charge in [-0.1, -0.05) is 48.5 Å². The predicted molar refractivity (Wildman–Crippen MR) is 127 cm³/mol. The summed E-state index contributed by atoms with van der Waals surface area (Å²) >= 11 is 0. The summed E-state index contributed by atoms with van der Waals surface area (Å²) in [6.45, 7) is 2.71. The van der Waals surface area contributed by atoms with E-state index in [1.54, 1.807) is 6.20 Å². The van der Waals surface area contributed by atoms with Gasteiger partial charge in [0.2, 0.25) is 5.91 Å². The number of carbonyl (C=O) groups is 2. The van der Waals surface area contributed by atoms with Crippen molar-refractivity contribution in [2.75, 3.05) is 32.8 Å². The summed E-state index contributed by atoms with van der Waals surface area (Å²) in [5.74, 6) is 0.0692. The van der Waals surface area contributed by atoms with Gasteiger partial charge in [-0.15, -0.1) is 0 Å². The van der Waals surface area contributed by atoms with Gasteiger partial charge in [0.05, 0.1) is 16.7 Å². The van der Waals surface area contributed by atoms with E-state index in [0.29, 0.717) is 31.7 Å². The number of benzene rings is 2. The molecule has 0 aliphatic carbocycles. The molecule has 2 aliphatic rings. The lowest BCUT2D eigenvalue weighted by Gasteiger charge is -2.42. The quantitative estimate of drug-likeness (QED) is 0.617. The lowest BCUT2D eigenvalue weighted by atomic mass is 9.92. The molecule has 3 heterocycles. The summed E-state index contributed by atoms with van der Waals surface area (Å²) in [5.41, 5.74) is 2.24. The molecule has 2 aliphatic heterocycles. The Balaban J connectivity index is 1.27. The normalized spacial score (nSPS) is 21.4. The largest absolute Gasteiger partial charge is 0.363 e. The number of nitrogens with zero attached hydrogens (tertiary/aromatic N) is 3. The molecule has 3 aromatic rings. The summed E-state index contributed by atoms with van der Waals surface area (Å²) in [4.78, 5) is 34.3. The van der Waals surface area contributed by atoms with E-state index < -0.39 is 0 Å². The highest BCUT2D eigenvalue weighted by Gasteiger charge is 2.41. The molecule has 2 aromatic carbocycles. The number of hydrogen-bond donors (Lipinski definition) is 0. The summed E-state index contributed by atoms with van der Waals surface area (Å²) in [6, 6.07) is 19.9. The number of hydrogen-bond acceptors (Lipinski definition) is 4. The molecule has 0 radical (unpaired) electrons. The Kier molecular flexibility index (Phi) is 6.09. The first kappa shape index (κ1) is 21.6. The Morgan fingerprint density at radius 2 is 1.85 bits per heavy atom. The number of aromatic nitrogens is 1. The van der Waals surface area contributed by atoms with Gasteiger partial charge in [0.25, 0.3) is 5.91 Å². The molecule has 33 heavy (non-hydrogen) atoms. The van der Waals surface area contributed by atoms with Crippen LogP contribution in [0.2, 0.25) is 0 Å². The van der Waals surface area contributed by atoms with Crippen molar-refractivity contribution < 1.29 is 14.3 Å². The van der Waals surface area contributed by atoms with Crippen molar-refractivity contribution in [3.63, 3.8) is 0 Å². The topological polar surface area (TPSA) is 62.7 Å². The molecule has 6 heteroatoms. The highest BCUT2D eigenvalue weighted by atomic mass is 16.5. The first-order chi connectivity index (χ1) is 16.1. The number of rotatable bonds is 4. The number of amides is 2. The maximum atomic E-state index is 13.4. The minimum atomic E-state index is -0.378. The van der Waals surface area contributed by atoms with Crippen molar-refractivity contribution in [1.29, 1.82) is 0 Å². The monoisotopic (exact) mass is 443 g/mol. The van der Waals surface area contributed by atoms with Crippen LogP contribution in [0, 0.1) is 0 Å². The number of pyridine rings is 1. The van der Waals surface area contributed by atoms with Crippen LogP contribution >= 0.6 is 0 Å². The highest BCUT2D eigenvalue weighted by Crippen LogP contribution is 2.31. The van der Waals surface area contributed by atoms with Gasteiger partial charge >= 0.3 is 0 Å². The van der Waals surface area contributed by atoms with Crippen molar-refractivity contribution in [3.8, 4) is 0 Å². The van der Waals surface area contributed by atoms with E-state index in [1.165, 1.54) is 5.56 Å². The summed E-state index contributed by atoms with van der Waals surface area (Å²) < 4.78 is 6.14. The van der Waals surface area contributed by atoms with Crippen LogP contribution in [0.4, 0.5) is 0 Å². The standard InChI is InChI=1S/C27H29N3O3/c31-24-19-33-27(20-30(24)17-12-21-7-2-1-3-8-21)13-6-16-29(18-14-27)26(32)23-11-4-9-22-10-5-15-28-25(22)23/h1-5,7-11,15H,6,12-14,16-20H2/t27-/m0/s1. The molecule has 0 N–H and O–H groups in total. The lowest BCUT2D eigenvalue weighted by Crippen LogP contribution is -2.55. The maximum absolute atomic E-state index is 13.4. The molecule has 1 spiro atoms. The van der Waals surface area contributed by atoms with Crippen molar-refractivity contribution >= 4 is 22.7 Å². The Labute approximate surface area is 194 Å². The number of carbonyl (C=O) groups excluding carboxylic acids is 2. The van der Waals surface area contributed by atoms with E-state index in [1.807, 2.05) is 58.3 Å². The fraction of sp³-hybridized carbons (Fsp3) is 0.370. The maximum Gasteiger partial charge on any atom is 0.256 e. The summed E-state index contributed by atoms with van der Waals surface area (Å²) in [5, 5.41) is 0.970. The molecule has 0 unspecified atom stereocenters. The number of fused-ring (bicyclic) bond motifs is 1. The molecule has 0 saturated carbocycles. The highest BCUT2D eigenvalue weighted by molar-refractivity contribution is 6.05. The van der Waals surface area contributed by atoms with Crippen molar-refractivity contribution in [3.05, 3.63) is 78.0 Å². The minimum absolute atomic E-state index is 0.0177. The third kappa shape index (κ3) is 4.62. The van der Waals surface area contributed by atoms with E-state index in [9.17, 15) is 9.59 Å². The van der Waals surface area contributed by atoms with Crippen LogP contribution in [0.3, 0.4) is 0 Å². The Hall–Kier alpha value is -3.25. The van der Waals surface area contributed by atoms with Crippen LogP contribution in [0.5, 0.6) is 0 Å². The molecule has 1 atom stereocenters. The fourth-order valence-electron chi connectivity index (χ4n) is 5.02. The van der Waals surface area contributed by atoms with Crippen LogP contribution in [-0.4, -0.2) is 65.0 Å². The van der Waals surface area contributed by atoms with Gasteiger partial charge in [-0.05, 0) is 43.4 Å². The second kappa shape index (κ2) is 9.32. The van der Waals surface area contributed by atoms with Gasteiger partial charge in [-0.3, -0.25) is 14.6 Å². The van der Waals surface area contributed by atoms with Gasteiger partial charge < -0.3 is 14.5 Å². The Bertz CT molecular complexity index is 1140. The zero-order valence-corrected chi connectivity index (χ0v) is 18.8. The molecule has 2 amide bonds. The number of likely N-dealkylation sites (tertiary alicyclic amines) is 1. The molecule has 5 rings (SSSR count). The van der Waals surface area contributed by atoms with Crippen LogP contribution in [0.15, 0.2) is 66.9 Å². The van der Waals surface area contributed by atoms with Crippen LogP contribution in [0.1, 0.15) is 35.2 Å². The predicted octanol–water partition coefficient (Wildman–Crippen LogP) is 3.70. The molecule has 2 fully saturated rings. The number of para-hydroxylation sites is 1. The molecule has 0 bridgehead atoms. The molecule has 2 saturated heterocycles. The summed E-state index contributed by atoms with van der Waals surface area (Å²) in [6.07, 6.45) is 4.99. The fourth-order valence-corrected chi connectivity index (χ4v) is 5.02. The van der Waals surface area contributed by atoms with Crippen LogP contribution < -0.4 is 0 Å². The molecule has 170 valence electrons. The zero-order valence-electron chi connectivity index (χ0n) is 18.8. The smallest absolute Gasteiger partial charge is 0.256 e. The van der Waals surface area contributed by atoms with E-state index in [0.717, 1.165) is 36.6 Å². The van der Waals surface area contributed by atoms with Crippen LogP contribution in [-0.2, 0) is 16.0 Å². The van der Waals surface area contributed by atoms with Gasteiger partial charge in [-0.25, -0.2) is 0 Å². The Morgan fingerprint density at radius 1 is 1.00 bits per heavy atom. The van der Waals surface area contributed by atoms with E-state index >= 15 is 0 Å². The van der Waals surface area contributed by atoms with Crippen molar-refractivity contribution in [2.45, 2.75) is 31.3 Å². The van der Waals surface area contributed by atoms with Gasteiger partial charge in [0.15, 0.2) is 0 Å².